The molecular formula is C16H22FNO6S. The van der Waals surface area contributed by atoms with Crippen molar-refractivity contribution < 1.29 is 31.3 Å². The van der Waals surface area contributed by atoms with E-state index in [1.165, 1.54) is 6.07 Å². The molecule has 0 saturated heterocycles. The fourth-order valence-electron chi connectivity index (χ4n) is 2.41. The van der Waals surface area contributed by atoms with Crippen molar-refractivity contribution in [2.24, 2.45) is 0 Å². The molecule has 2 rings (SSSR count). The van der Waals surface area contributed by atoms with Crippen LogP contribution in [0.1, 0.15) is 33.3 Å². The van der Waals surface area contributed by atoms with Gasteiger partial charge >= 0.3 is 16.2 Å². The number of amides is 1. The lowest BCUT2D eigenvalue weighted by Crippen LogP contribution is -2.45. The summed E-state index contributed by atoms with van der Waals surface area (Å²) in [7, 11) is -3.83. The molecule has 0 saturated carbocycles. The minimum Gasteiger partial charge on any atom is -0.484 e. The molecule has 7 nitrogen and oxygen atoms in total. The molecule has 1 heterocycles. The molecule has 1 amide bonds. The van der Waals surface area contributed by atoms with Crippen molar-refractivity contribution >= 4 is 16.2 Å². The Morgan fingerprint density at radius 1 is 1.40 bits per heavy atom. The Morgan fingerprint density at radius 2 is 2.04 bits per heavy atom. The van der Waals surface area contributed by atoms with Crippen molar-refractivity contribution in [2.75, 3.05) is 6.26 Å². The van der Waals surface area contributed by atoms with Crippen LogP contribution in [0.4, 0.5) is 9.18 Å². The van der Waals surface area contributed by atoms with E-state index in [2.05, 4.69) is 5.32 Å². The predicted molar refractivity (Wildman–Crippen MR) is 88.8 cm³/mol. The molecule has 1 aliphatic heterocycles. The summed E-state index contributed by atoms with van der Waals surface area (Å²) in [5.74, 6) is -0.673. The van der Waals surface area contributed by atoms with Crippen molar-refractivity contribution in [1.29, 1.82) is 0 Å². The maximum atomic E-state index is 13.7. The Labute approximate surface area is 146 Å². The van der Waals surface area contributed by atoms with Crippen molar-refractivity contribution in [2.45, 2.75) is 51.9 Å². The second kappa shape index (κ2) is 6.70. The molecule has 1 N–H and O–H groups in total. The number of carbonyl (C=O) groups is 1. The lowest BCUT2D eigenvalue weighted by atomic mass is 10.1. The molecule has 1 aromatic carbocycles. The van der Waals surface area contributed by atoms with Crippen molar-refractivity contribution in [1.82, 2.24) is 5.32 Å². The van der Waals surface area contributed by atoms with Crippen LogP contribution in [0.2, 0.25) is 0 Å². The van der Waals surface area contributed by atoms with E-state index in [9.17, 15) is 17.6 Å². The average Bonchev–Trinajstić information content (AvgIpc) is 2.78. The van der Waals surface area contributed by atoms with E-state index in [4.69, 9.17) is 13.7 Å². The summed E-state index contributed by atoms with van der Waals surface area (Å²) in [5, 5.41) is 2.66. The molecule has 1 aliphatic rings. The number of hydrogen-bond acceptors (Lipinski definition) is 6. The van der Waals surface area contributed by atoms with Crippen LogP contribution in [0.5, 0.6) is 11.5 Å². The second-order valence-corrected chi connectivity index (χ2v) is 8.55. The number of alkyl carbamates (subject to hydrolysis) is 1. The van der Waals surface area contributed by atoms with Crippen LogP contribution in [-0.2, 0) is 21.3 Å². The van der Waals surface area contributed by atoms with E-state index in [0.29, 0.717) is 12.0 Å². The molecule has 2 unspecified atom stereocenters. The number of rotatable bonds is 4. The Morgan fingerprint density at radius 3 is 2.60 bits per heavy atom. The number of nitrogens with one attached hydrogen (secondary N) is 1. The van der Waals surface area contributed by atoms with E-state index in [1.807, 2.05) is 0 Å². The first-order chi connectivity index (χ1) is 11.3. The fraction of sp³-hybridized carbons (Fsp3) is 0.562. The van der Waals surface area contributed by atoms with E-state index >= 15 is 0 Å². The number of halogens is 1. The highest BCUT2D eigenvalue weighted by Crippen LogP contribution is 2.40. The molecule has 0 bridgehead atoms. The summed E-state index contributed by atoms with van der Waals surface area (Å²) in [5.41, 5.74) is -0.162. The second-order valence-electron chi connectivity index (χ2n) is 6.97. The number of ether oxygens (including phenoxy) is 2. The molecule has 140 valence electrons. The predicted octanol–water partition coefficient (Wildman–Crippen LogP) is 2.38. The van der Waals surface area contributed by atoms with Crippen LogP contribution < -0.4 is 14.2 Å². The van der Waals surface area contributed by atoms with Gasteiger partial charge in [0.2, 0.25) is 0 Å². The molecule has 1 aromatic rings. The zero-order valence-electron chi connectivity index (χ0n) is 14.8. The number of fused-ring (bicyclic) bond motifs is 1. The van der Waals surface area contributed by atoms with Gasteiger partial charge in [-0.25, -0.2) is 9.18 Å². The van der Waals surface area contributed by atoms with Gasteiger partial charge < -0.3 is 19.0 Å². The molecule has 9 heteroatoms. The van der Waals surface area contributed by atoms with E-state index in [-0.39, 0.29) is 11.5 Å². The standard InChI is InChI=1S/C16H22FNO6S/c1-9(18-15(19)23-16(2,3)4)12-7-10-6-11(17)8-13(14(10)22-12)24-25(5,20)21/h6,8-9,12H,7H2,1-5H3,(H,18,19). The summed E-state index contributed by atoms with van der Waals surface area (Å²) in [4.78, 5) is 11.9. The Bertz CT molecular complexity index is 772. The molecular weight excluding hydrogens is 353 g/mol. The third-order valence-corrected chi connectivity index (χ3v) is 3.81. The smallest absolute Gasteiger partial charge is 0.407 e. The van der Waals surface area contributed by atoms with Crippen LogP contribution in [0.25, 0.3) is 0 Å². The molecule has 0 aliphatic carbocycles. The topological polar surface area (TPSA) is 90.9 Å². The quantitative estimate of drug-likeness (QED) is 0.813. The Hall–Kier alpha value is -2.03. The number of carbonyl (C=O) groups excluding carboxylic acids is 1. The van der Waals surface area contributed by atoms with Crippen LogP contribution in [0, 0.1) is 5.82 Å². The third-order valence-electron chi connectivity index (χ3n) is 3.33. The SMILES string of the molecule is CC(NC(=O)OC(C)(C)C)C1Cc2cc(F)cc(OS(C)(=O)=O)c2O1. The largest absolute Gasteiger partial charge is 0.484 e. The zero-order chi connectivity index (χ0) is 19.0. The molecule has 0 fully saturated rings. The summed E-state index contributed by atoms with van der Waals surface area (Å²) in [6.07, 6.45) is 0.0534. The highest BCUT2D eigenvalue weighted by Gasteiger charge is 2.33. The minimum atomic E-state index is -3.83. The lowest BCUT2D eigenvalue weighted by molar-refractivity contribution is 0.0466. The highest BCUT2D eigenvalue weighted by atomic mass is 32.2. The molecule has 0 aromatic heterocycles. The van der Waals surface area contributed by atoms with Gasteiger partial charge in [-0.2, -0.15) is 8.42 Å². The summed E-state index contributed by atoms with van der Waals surface area (Å²) in [6, 6.07) is 1.76. The third kappa shape index (κ3) is 5.48. The Balaban J connectivity index is 2.12. The minimum absolute atomic E-state index is 0.162. The van der Waals surface area contributed by atoms with E-state index < -0.39 is 39.8 Å². The highest BCUT2D eigenvalue weighted by molar-refractivity contribution is 7.86. The van der Waals surface area contributed by atoms with Crippen molar-refractivity contribution in [3.63, 3.8) is 0 Å². The maximum Gasteiger partial charge on any atom is 0.407 e. The van der Waals surface area contributed by atoms with Crippen LogP contribution >= 0.6 is 0 Å². The monoisotopic (exact) mass is 375 g/mol. The average molecular weight is 375 g/mol. The van der Waals surface area contributed by atoms with Crippen LogP contribution in [0.15, 0.2) is 12.1 Å². The fourth-order valence-corrected chi connectivity index (χ4v) is 2.86. The van der Waals surface area contributed by atoms with Gasteiger partial charge in [-0.3, -0.25) is 0 Å². The first-order valence-electron chi connectivity index (χ1n) is 7.72. The van der Waals surface area contributed by atoms with Gasteiger partial charge in [0.15, 0.2) is 11.5 Å². The summed E-state index contributed by atoms with van der Waals surface area (Å²) < 4.78 is 52.1. The first kappa shape index (κ1) is 19.3. The normalized spacial score (nSPS) is 18.1. The summed E-state index contributed by atoms with van der Waals surface area (Å²) >= 11 is 0. The van der Waals surface area contributed by atoms with Gasteiger partial charge in [0.25, 0.3) is 0 Å². The first-order valence-corrected chi connectivity index (χ1v) is 9.54. The summed E-state index contributed by atoms with van der Waals surface area (Å²) in [6.45, 7) is 6.96. The molecule has 0 radical (unpaired) electrons. The molecule has 0 spiro atoms. The lowest BCUT2D eigenvalue weighted by Gasteiger charge is -2.24. The van der Waals surface area contributed by atoms with Gasteiger partial charge in [0.05, 0.1) is 12.3 Å². The molecule has 25 heavy (non-hydrogen) atoms. The van der Waals surface area contributed by atoms with Gasteiger partial charge in [-0.05, 0) is 33.8 Å². The van der Waals surface area contributed by atoms with Gasteiger partial charge in [0.1, 0.15) is 17.5 Å². The Kier molecular flexibility index (Phi) is 5.17. The van der Waals surface area contributed by atoms with E-state index in [1.54, 1.807) is 27.7 Å². The van der Waals surface area contributed by atoms with Crippen LogP contribution in [0.3, 0.4) is 0 Å². The van der Waals surface area contributed by atoms with Gasteiger partial charge in [0, 0.05) is 18.1 Å². The van der Waals surface area contributed by atoms with Crippen molar-refractivity contribution in [3.8, 4) is 11.5 Å². The zero-order valence-corrected chi connectivity index (χ0v) is 15.6. The number of hydrogen-bond donors (Lipinski definition) is 1. The van der Waals surface area contributed by atoms with Gasteiger partial charge in [-0.1, -0.05) is 0 Å². The van der Waals surface area contributed by atoms with Crippen molar-refractivity contribution in [3.05, 3.63) is 23.5 Å². The van der Waals surface area contributed by atoms with E-state index in [0.717, 1.165) is 12.3 Å². The maximum absolute atomic E-state index is 13.7. The number of benzene rings is 1. The van der Waals surface area contributed by atoms with Gasteiger partial charge in [-0.15, -0.1) is 0 Å². The van der Waals surface area contributed by atoms with Crippen LogP contribution in [-0.4, -0.2) is 38.5 Å². The molecule has 2 atom stereocenters.